The Labute approximate surface area is 219 Å². The lowest BCUT2D eigenvalue weighted by Crippen LogP contribution is -2.29. The second kappa shape index (κ2) is 11.0. The van der Waals surface area contributed by atoms with Crippen LogP contribution in [0.25, 0.3) is 11.4 Å². The Hall–Kier alpha value is -4.28. The van der Waals surface area contributed by atoms with E-state index in [-0.39, 0.29) is 12.0 Å². The van der Waals surface area contributed by atoms with Gasteiger partial charge in [0.1, 0.15) is 17.2 Å². The Morgan fingerprint density at radius 1 is 1.18 bits per heavy atom. The molecule has 0 amide bonds. The zero-order chi connectivity index (χ0) is 26.6. The molecule has 0 bridgehead atoms. The molecule has 1 fully saturated rings. The molecule has 11 heteroatoms. The molecule has 0 unspecified atom stereocenters. The van der Waals surface area contributed by atoms with E-state index in [0.717, 1.165) is 29.8 Å². The van der Waals surface area contributed by atoms with Crippen molar-refractivity contribution >= 4 is 5.97 Å². The first-order valence-electron chi connectivity index (χ1n) is 12.6. The summed E-state index contributed by atoms with van der Waals surface area (Å²) in [5, 5.41) is 22.0. The van der Waals surface area contributed by atoms with Crippen molar-refractivity contribution in [3.63, 3.8) is 0 Å². The number of methoxy groups -OCH3 is 1. The smallest absolute Gasteiger partial charge is 0.306 e. The Morgan fingerprint density at radius 2 is 2.05 bits per heavy atom. The van der Waals surface area contributed by atoms with Crippen LogP contribution in [0.4, 0.5) is 0 Å². The molecule has 3 heterocycles. The summed E-state index contributed by atoms with van der Waals surface area (Å²) >= 11 is 0. The van der Waals surface area contributed by atoms with Crippen LogP contribution in [0.2, 0.25) is 0 Å². The van der Waals surface area contributed by atoms with Gasteiger partial charge in [-0.2, -0.15) is 4.98 Å². The maximum atomic E-state index is 11.4. The molecule has 5 rings (SSSR count). The molecule has 1 aliphatic rings. The fourth-order valence-corrected chi connectivity index (χ4v) is 4.78. The standard InChI is InChI=1S/C27H30N6O5/c1-16-23(37-20-9-5-7-18(14-20)27(34)35)11-10-21(28-16)26-22(33(2)32-30-26)15-25-29-24(31-38-25)13-17-6-4-8-19(12-17)36-3/h4,6,8,10-12,18,20H,5,7,9,13-15H2,1-3H3,(H,34,35)/t18-,20-/m0/s1. The van der Waals surface area contributed by atoms with E-state index in [1.165, 1.54) is 0 Å². The average molecular weight is 519 g/mol. The summed E-state index contributed by atoms with van der Waals surface area (Å²) in [5.41, 5.74) is 3.79. The molecule has 4 aromatic rings. The maximum Gasteiger partial charge on any atom is 0.306 e. The molecule has 0 radical (unpaired) electrons. The van der Waals surface area contributed by atoms with Crippen LogP contribution in [0.15, 0.2) is 40.9 Å². The van der Waals surface area contributed by atoms with E-state index in [1.54, 1.807) is 11.8 Å². The van der Waals surface area contributed by atoms with Crippen LogP contribution in [0.3, 0.4) is 0 Å². The molecule has 1 saturated carbocycles. The first-order valence-corrected chi connectivity index (χ1v) is 12.6. The van der Waals surface area contributed by atoms with E-state index < -0.39 is 5.97 Å². The highest BCUT2D eigenvalue weighted by Gasteiger charge is 2.28. The van der Waals surface area contributed by atoms with Crippen molar-refractivity contribution in [1.82, 2.24) is 30.1 Å². The first-order chi connectivity index (χ1) is 18.4. The van der Waals surface area contributed by atoms with Gasteiger partial charge in [-0.05, 0) is 62.4 Å². The van der Waals surface area contributed by atoms with E-state index in [1.807, 2.05) is 50.4 Å². The number of hydrogen-bond donors (Lipinski definition) is 1. The molecule has 38 heavy (non-hydrogen) atoms. The van der Waals surface area contributed by atoms with Gasteiger partial charge in [-0.25, -0.2) is 4.98 Å². The number of carboxylic acids is 1. The van der Waals surface area contributed by atoms with Crippen molar-refractivity contribution in [2.45, 2.75) is 51.6 Å². The van der Waals surface area contributed by atoms with E-state index >= 15 is 0 Å². The van der Waals surface area contributed by atoms with Gasteiger partial charge < -0.3 is 19.1 Å². The highest BCUT2D eigenvalue weighted by atomic mass is 16.5. The molecule has 0 aliphatic heterocycles. The van der Waals surface area contributed by atoms with Crippen LogP contribution >= 0.6 is 0 Å². The summed E-state index contributed by atoms with van der Waals surface area (Å²) in [4.78, 5) is 20.7. The Kier molecular flexibility index (Phi) is 7.34. The van der Waals surface area contributed by atoms with Crippen LogP contribution in [-0.4, -0.2) is 54.4 Å². The molecular formula is C27H30N6O5. The van der Waals surface area contributed by atoms with Crippen LogP contribution in [0.5, 0.6) is 11.5 Å². The van der Waals surface area contributed by atoms with Crippen molar-refractivity contribution < 1.29 is 23.9 Å². The van der Waals surface area contributed by atoms with Gasteiger partial charge >= 0.3 is 5.97 Å². The van der Waals surface area contributed by atoms with E-state index in [9.17, 15) is 9.90 Å². The summed E-state index contributed by atoms with van der Waals surface area (Å²) < 4.78 is 18.6. The molecule has 1 aromatic carbocycles. The first kappa shape index (κ1) is 25.4. The van der Waals surface area contributed by atoms with Gasteiger partial charge in [0.15, 0.2) is 5.82 Å². The third-order valence-corrected chi connectivity index (χ3v) is 6.82. The summed E-state index contributed by atoms with van der Waals surface area (Å²) in [6.45, 7) is 1.87. The number of hydrogen-bond acceptors (Lipinski definition) is 9. The predicted octanol–water partition coefficient (Wildman–Crippen LogP) is 3.78. The number of aryl methyl sites for hydroxylation is 2. The van der Waals surface area contributed by atoms with Crippen molar-refractivity contribution in [1.29, 1.82) is 0 Å². The van der Waals surface area contributed by atoms with Gasteiger partial charge in [0, 0.05) is 13.5 Å². The number of ether oxygens (including phenoxy) is 2. The number of rotatable bonds is 9. The van der Waals surface area contributed by atoms with E-state index in [4.69, 9.17) is 19.0 Å². The molecule has 1 N–H and O–H groups in total. The molecular weight excluding hydrogens is 488 g/mol. The van der Waals surface area contributed by atoms with Crippen LogP contribution in [0, 0.1) is 12.8 Å². The number of benzene rings is 1. The molecule has 198 valence electrons. The van der Waals surface area contributed by atoms with E-state index in [0.29, 0.717) is 60.2 Å². The molecule has 1 aliphatic carbocycles. The second-order valence-corrected chi connectivity index (χ2v) is 9.54. The lowest BCUT2D eigenvalue weighted by molar-refractivity contribution is -0.143. The van der Waals surface area contributed by atoms with Crippen molar-refractivity contribution in [3.8, 4) is 22.9 Å². The Balaban J connectivity index is 1.29. The van der Waals surface area contributed by atoms with Gasteiger partial charge in [0.2, 0.25) is 5.89 Å². The topological polar surface area (TPSA) is 138 Å². The highest BCUT2D eigenvalue weighted by Crippen LogP contribution is 2.31. The minimum atomic E-state index is -0.757. The maximum absolute atomic E-state index is 11.4. The van der Waals surface area contributed by atoms with Crippen LogP contribution in [-0.2, 0) is 24.7 Å². The fourth-order valence-electron chi connectivity index (χ4n) is 4.78. The molecule has 3 aromatic heterocycles. The third kappa shape index (κ3) is 5.66. The summed E-state index contributed by atoms with van der Waals surface area (Å²) in [7, 11) is 3.45. The molecule has 2 atom stereocenters. The van der Waals surface area contributed by atoms with Gasteiger partial charge in [-0.1, -0.05) is 22.5 Å². The Morgan fingerprint density at radius 3 is 2.84 bits per heavy atom. The second-order valence-electron chi connectivity index (χ2n) is 9.54. The predicted molar refractivity (Wildman–Crippen MR) is 136 cm³/mol. The summed E-state index contributed by atoms with van der Waals surface area (Å²) in [6.07, 6.45) is 3.62. The summed E-state index contributed by atoms with van der Waals surface area (Å²) in [5.74, 6) is 1.34. The number of carboxylic acid groups (broad SMARTS) is 1. The van der Waals surface area contributed by atoms with Crippen LogP contribution < -0.4 is 9.47 Å². The van der Waals surface area contributed by atoms with E-state index in [2.05, 4.69) is 20.5 Å². The largest absolute Gasteiger partial charge is 0.497 e. The van der Waals surface area contributed by atoms with Crippen molar-refractivity contribution in [3.05, 3.63) is 65.1 Å². The Bertz CT molecular complexity index is 1430. The zero-order valence-corrected chi connectivity index (χ0v) is 21.6. The number of aromatic nitrogens is 6. The SMILES string of the molecule is COc1cccc(Cc2noc(Cc3c(-c4ccc(O[C@H]5CCC[C@H](C(=O)O)C5)c(C)n4)nnn3C)n2)c1. The van der Waals surface area contributed by atoms with Crippen LogP contribution in [0.1, 0.15) is 54.3 Å². The fraction of sp³-hybridized carbons (Fsp3) is 0.407. The molecule has 11 nitrogen and oxygen atoms in total. The zero-order valence-electron chi connectivity index (χ0n) is 21.6. The minimum Gasteiger partial charge on any atom is -0.497 e. The van der Waals surface area contributed by atoms with Gasteiger partial charge in [-0.15, -0.1) is 5.10 Å². The van der Waals surface area contributed by atoms with Gasteiger partial charge in [-0.3, -0.25) is 9.48 Å². The third-order valence-electron chi connectivity index (χ3n) is 6.82. The summed E-state index contributed by atoms with van der Waals surface area (Å²) in [6, 6.07) is 11.5. The average Bonchev–Trinajstić information content (AvgIpc) is 3.51. The van der Waals surface area contributed by atoms with Gasteiger partial charge in [0.05, 0.1) is 42.6 Å². The van der Waals surface area contributed by atoms with Gasteiger partial charge in [0.25, 0.3) is 0 Å². The molecule has 0 spiro atoms. The quantitative estimate of drug-likeness (QED) is 0.348. The minimum absolute atomic E-state index is 0.132. The molecule has 0 saturated heterocycles. The normalized spacial score (nSPS) is 17.3. The monoisotopic (exact) mass is 518 g/mol. The number of aliphatic carboxylic acids is 1. The van der Waals surface area contributed by atoms with Crippen molar-refractivity contribution in [2.24, 2.45) is 13.0 Å². The lowest BCUT2D eigenvalue weighted by atomic mass is 9.87. The number of pyridine rings is 1. The van der Waals surface area contributed by atoms with Crippen molar-refractivity contribution in [2.75, 3.05) is 7.11 Å². The number of nitrogens with zero attached hydrogens (tertiary/aromatic N) is 6. The highest BCUT2D eigenvalue weighted by molar-refractivity contribution is 5.70. The lowest BCUT2D eigenvalue weighted by Gasteiger charge is -2.27. The number of carbonyl (C=O) groups is 1.